The number of halogens is 2. The third-order valence-corrected chi connectivity index (χ3v) is 4.97. The maximum Gasteiger partial charge on any atom is 0.262 e. The van der Waals surface area contributed by atoms with Gasteiger partial charge in [-0.1, -0.05) is 12.6 Å². The van der Waals surface area contributed by atoms with E-state index < -0.39 is 12.5 Å². The number of ketones is 1. The second-order valence-corrected chi connectivity index (χ2v) is 7.14. The van der Waals surface area contributed by atoms with Crippen molar-refractivity contribution in [3.05, 3.63) is 40.2 Å². The molecule has 0 radical (unpaired) electrons. The number of fused-ring (bicyclic) bond motifs is 3. The summed E-state index contributed by atoms with van der Waals surface area (Å²) in [5.74, 6) is -2.24. The number of ether oxygens (including phenoxy) is 1. The molecule has 4 nitrogen and oxygen atoms in total. The van der Waals surface area contributed by atoms with Crippen molar-refractivity contribution in [2.75, 3.05) is 13.2 Å². The minimum Gasteiger partial charge on any atom is -0.492 e. The maximum absolute atomic E-state index is 13.0. The molecule has 25 heavy (non-hydrogen) atoms. The van der Waals surface area contributed by atoms with Crippen molar-refractivity contribution >= 4 is 22.8 Å². The van der Waals surface area contributed by atoms with E-state index in [1.165, 1.54) is 18.3 Å². The Bertz CT molecular complexity index is 840. The van der Waals surface area contributed by atoms with E-state index in [-0.39, 0.29) is 5.78 Å². The number of benzene rings is 1. The first-order chi connectivity index (χ1) is 11.7. The average molecular weight is 364 g/mol. The molecule has 2 heterocycles. The van der Waals surface area contributed by atoms with Gasteiger partial charge in [-0.2, -0.15) is 0 Å². The fourth-order valence-corrected chi connectivity index (χ4v) is 3.51. The van der Waals surface area contributed by atoms with Gasteiger partial charge in [-0.3, -0.25) is 4.79 Å². The minimum absolute atomic E-state index is 0.0343. The molecular formula is C18H18F2N2O2S. The van der Waals surface area contributed by atoms with Crippen molar-refractivity contribution in [2.24, 2.45) is 0 Å². The van der Waals surface area contributed by atoms with Gasteiger partial charge in [-0.05, 0) is 19.1 Å². The van der Waals surface area contributed by atoms with Crippen molar-refractivity contribution in [2.45, 2.75) is 26.2 Å². The van der Waals surface area contributed by atoms with E-state index in [0.717, 1.165) is 23.1 Å². The normalized spacial score (nSPS) is 13.3. The zero-order chi connectivity index (χ0) is 18.2. The lowest BCUT2D eigenvalue weighted by Crippen LogP contribution is -2.28. The lowest BCUT2D eigenvalue weighted by Gasteiger charge is -2.13. The smallest absolute Gasteiger partial charge is 0.262 e. The molecule has 2 aromatic rings. The van der Waals surface area contributed by atoms with Gasteiger partial charge in [0.2, 0.25) is 0 Å². The highest BCUT2D eigenvalue weighted by Crippen LogP contribution is 2.39. The Balaban J connectivity index is 1.92. The van der Waals surface area contributed by atoms with Crippen LogP contribution in [0.25, 0.3) is 17.0 Å². The van der Waals surface area contributed by atoms with Crippen molar-refractivity contribution in [3.63, 3.8) is 0 Å². The van der Waals surface area contributed by atoms with E-state index in [2.05, 4.69) is 16.9 Å². The molecule has 1 N–H and O–H groups in total. The van der Waals surface area contributed by atoms with Crippen LogP contribution in [0.2, 0.25) is 0 Å². The number of thiazole rings is 1. The summed E-state index contributed by atoms with van der Waals surface area (Å²) < 4.78 is 31.8. The summed E-state index contributed by atoms with van der Waals surface area (Å²) in [5.41, 5.74) is 2.51. The monoisotopic (exact) mass is 364 g/mol. The second kappa shape index (κ2) is 6.55. The SMILES string of the molecule is C=C(NCC(C)(F)F)c1nc2c(s1)CCOc1cc(C(C)=O)ccc1-2. The van der Waals surface area contributed by atoms with Crippen molar-refractivity contribution in [1.82, 2.24) is 10.3 Å². The molecule has 7 heteroatoms. The van der Waals surface area contributed by atoms with Crippen molar-refractivity contribution < 1.29 is 18.3 Å². The van der Waals surface area contributed by atoms with Crippen LogP contribution in [0.15, 0.2) is 24.8 Å². The summed E-state index contributed by atoms with van der Waals surface area (Å²) in [6.45, 7) is 6.15. The highest BCUT2D eigenvalue weighted by atomic mass is 32.1. The molecule has 0 unspecified atom stereocenters. The predicted octanol–water partition coefficient (Wildman–Crippen LogP) is 4.16. The fraction of sp³-hybridized carbons (Fsp3) is 0.333. The summed E-state index contributed by atoms with van der Waals surface area (Å²) in [6.07, 6.45) is 0.661. The first kappa shape index (κ1) is 17.5. The number of alkyl halides is 2. The summed E-state index contributed by atoms with van der Waals surface area (Å²) in [7, 11) is 0. The highest BCUT2D eigenvalue weighted by Gasteiger charge is 2.24. The van der Waals surface area contributed by atoms with Crippen LogP contribution in [-0.2, 0) is 6.42 Å². The lowest BCUT2D eigenvalue weighted by molar-refractivity contribution is 0.0267. The first-order valence-corrected chi connectivity index (χ1v) is 8.65. The molecule has 1 aromatic carbocycles. The minimum atomic E-state index is -2.82. The molecular weight excluding hydrogens is 346 g/mol. The Labute approximate surface area is 148 Å². The van der Waals surface area contributed by atoms with E-state index in [1.807, 2.05) is 6.07 Å². The molecule has 1 aromatic heterocycles. The lowest BCUT2D eigenvalue weighted by atomic mass is 10.0. The largest absolute Gasteiger partial charge is 0.492 e. The van der Waals surface area contributed by atoms with Crippen molar-refractivity contribution in [1.29, 1.82) is 0 Å². The quantitative estimate of drug-likeness (QED) is 0.810. The average Bonchev–Trinajstić information content (AvgIpc) is 2.88. The molecule has 1 aliphatic rings. The van der Waals surface area contributed by atoms with E-state index >= 15 is 0 Å². The Hall–Kier alpha value is -2.28. The molecule has 1 aliphatic heterocycles. The number of nitrogens with one attached hydrogen (secondary N) is 1. The van der Waals surface area contributed by atoms with E-state index in [0.29, 0.717) is 35.0 Å². The number of carbonyl (C=O) groups excluding carboxylic acids is 1. The second-order valence-electron chi connectivity index (χ2n) is 6.06. The third-order valence-electron chi connectivity index (χ3n) is 3.80. The van der Waals surface area contributed by atoms with Gasteiger partial charge in [0.15, 0.2) is 5.78 Å². The van der Waals surface area contributed by atoms with E-state index in [9.17, 15) is 13.6 Å². The standard InChI is InChI=1S/C18H18F2N2O2S/c1-10(21-9-18(3,19)20)17-22-16-13-5-4-12(11(2)23)8-14(13)24-7-6-15(16)25-17/h4-5,8,21H,1,6-7,9H2,2-3H3. The van der Waals surface area contributed by atoms with E-state index in [1.54, 1.807) is 12.1 Å². The molecule has 0 saturated heterocycles. The van der Waals surface area contributed by atoms with Crippen LogP contribution in [0.3, 0.4) is 0 Å². The van der Waals surface area contributed by atoms with Crippen molar-refractivity contribution in [3.8, 4) is 17.0 Å². The molecule has 0 saturated carbocycles. The number of rotatable bonds is 5. The summed E-state index contributed by atoms with van der Waals surface area (Å²) in [6, 6.07) is 5.27. The number of nitrogens with zero attached hydrogens (tertiary/aromatic N) is 1. The molecule has 0 amide bonds. The molecule has 3 rings (SSSR count). The zero-order valence-corrected chi connectivity index (χ0v) is 14.8. The number of carbonyl (C=O) groups is 1. The van der Waals surface area contributed by atoms with Crippen LogP contribution >= 0.6 is 11.3 Å². The van der Waals surface area contributed by atoms with Crippen LogP contribution in [0.1, 0.15) is 34.1 Å². The van der Waals surface area contributed by atoms with Crippen LogP contribution in [-0.4, -0.2) is 29.8 Å². The van der Waals surface area contributed by atoms with Gasteiger partial charge in [0.05, 0.1) is 24.5 Å². The van der Waals surface area contributed by atoms with Gasteiger partial charge in [-0.25, -0.2) is 13.8 Å². The van der Waals surface area contributed by atoms with Crippen LogP contribution < -0.4 is 10.1 Å². The predicted molar refractivity (Wildman–Crippen MR) is 94.4 cm³/mol. The number of Topliss-reactive ketones (excluding diaryl/α,β-unsaturated/α-hetero) is 1. The number of aromatic nitrogens is 1. The summed E-state index contributed by atoms with van der Waals surface area (Å²) in [4.78, 5) is 17.1. The Morgan fingerprint density at radius 1 is 1.48 bits per heavy atom. The van der Waals surface area contributed by atoms with Gasteiger partial charge in [0.1, 0.15) is 10.8 Å². The van der Waals surface area contributed by atoms with E-state index in [4.69, 9.17) is 4.74 Å². The zero-order valence-electron chi connectivity index (χ0n) is 14.0. The fourth-order valence-electron chi connectivity index (χ4n) is 2.51. The number of hydrogen-bond donors (Lipinski definition) is 1. The molecule has 0 bridgehead atoms. The van der Waals surface area contributed by atoms with Crippen LogP contribution in [0.5, 0.6) is 5.75 Å². The van der Waals surface area contributed by atoms with Gasteiger partial charge in [0.25, 0.3) is 5.92 Å². The Morgan fingerprint density at radius 3 is 2.92 bits per heavy atom. The topological polar surface area (TPSA) is 51.2 Å². The molecule has 0 aliphatic carbocycles. The van der Waals surface area contributed by atoms with Gasteiger partial charge in [0, 0.05) is 29.3 Å². The summed E-state index contributed by atoms with van der Waals surface area (Å²) >= 11 is 1.42. The Kier molecular flexibility index (Phi) is 4.60. The van der Waals surface area contributed by atoms with Crippen LogP contribution in [0.4, 0.5) is 8.78 Å². The maximum atomic E-state index is 13.0. The van der Waals surface area contributed by atoms with Gasteiger partial charge >= 0.3 is 0 Å². The van der Waals surface area contributed by atoms with Gasteiger partial charge in [-0.15, -0.1) is 11.3 Å². The highest BCUT2D eigenvalue weighted by molar-refractivity contribution is 7.13. The van der Waals surface area contributed by atoms with Crippen LogP contribution in [0, 0.1) is 0 Å². The molecule has 0 atom stereocenters. The Morgan fingerprint density at radius 2 is 2.24 bits per heavy atom. The van der Waals surface area contributed by atoms with Gasteiger partial charge < -0.3 is 10.1 Å². The molecule has 0 fully saturated rings. The molecule has 0 spiro atoms. The summed E-state index contributed by atoms with van der Waals surface area (Å²) in [5, 5.41) is 3.22. The third kappa shape index (κ3) is 3.87. The number of hydrogen-bond acceptors (Lipinski definition) is 5. The molecule has 132 valence electrons. The first-order valence-electron chi connectivity index (χ1n) is 7.83.